The largest absolute Gasteiger partial charge is 0.369 e. The summed E-state index contributed by atoms with van der Waals surface area (Å²) in [5.74, 6) is -2.86. The Morgan fingerprint density at radius 2 is 2.03 bits per heavy atom. The van der Waals surface area contributed by atoms with Gasteiger partial charge in [-0.15, -0.1) is 0 Å². The van der Waals surface area contributed by atoms with Crippen LogP contribution in [0.3, 0.4) is 0 Å². The fourth-order valence-electron chi connectivity index (χ4n) is 3.89. The number of nitrogens with one attached hydrogen (secondary N) is 1. The Hall–Kier alpha value is -3.41. The molecule has 9 nitrogen and oxygen atoms in total. The van der Waals surface area contributed by atoms with Gasteiger partial charge in [-0.25, -0.2) is 31.5 Å². The fourth-order valence-corrected chi connectivity index (χ4v) is 5.73. The first-order chi connectivity index (χ1) is 14.5. The number of nitrogens with zero attached hydrogens (tertiary/aromatic N) is 3. The van der Waals surface area contributed by atoms with Crippen LogP contribution in [0.4, 0.5) is 14.5 Å². The maximum atomic E-state index is 14.9. The molecule has 1 aliphatic heterocycles. The quantitative estimate of drug-likeness (QED) is 0.721. The van der Waals surface area contributed by atoms with Crippen LogP contribution in [0.5, 0.6) is 0 Å². The first-order valence-corrected chi connectivity index (χ1v) is 10.6. The number of rotatable bonds is 3. The molecular formula is C19H17F2N5O4S. The smallest absolute Gasteiger partial charge is 0.274 e. The summed E-state index contributed by atoms with van der Waals surface area (Å²) in [6, 6.07) is 5.76. The number of nitrogens with two attached hydrogens (primary N) is 1. The lowest BCUT2D eigenvalue weighted by Crippen LogP contribution is -2.55. The number of pyridine rings is 1. The molecule has 2 aromatic rings. The van der Waals surface area contributed by atoms with Crippen molar-refractivity contribution < 1.29 is 26.8 Å². The number of hydrogen-bond acceptors (Lipinski definition) is 7. The van der Waals surface area contributed by atoms with Crippen LogP contribution in [-0.4, -0.2) is 47.7 Å². The van der Waals surface area contributed by atoms with Gasteiger partial charge in [0, 0.05) is 31.1 Å². The van der Waals surface area contributed by atoms with Crippen molar-refractivity contribution in [3.8, 4) is 0 Å². The lowest BCUT2D eigenvalue weighted by molar-refractivity contribution is -0.117. The fraction of sp³-hybridized carbons (Fsp3) is 0.263. The normalized spacial score (nSPS) is 24.5. The molecule has 162 valence electrons. The van der Waals surface area contributed by atoms with E-state index in [0.717, 1.165) is 22.6 Å². The Morgan fingerprint density at radius 1 is 1.29 bits per heavy atom. The predicted molar refractivity (Wildman–Crippen MR) is 107 cm³/mol. The van der Waals surface area contributed by atoms with Gasteiger partial charge in [-0.05, 0) is 30.3 Å². The van der Waals surface area contributed by atoms with E-state index in [4.69, 9.17) is 5.73 Å². The SMILES string of the molecule is CN1C(N)=NC2(c3cc(NC(=O)c4ccc(F)cn4)ccc3F)CC(=O)CC2S1(=O)=O. The number of carbonyl (C=O) groups is 2. The van der Waals surface area contributed by atoms with Crippen LogP contribution in [0.1, 0.15) is 28.9 Å². The van der Waals surface area contributed by atoms with Gasteiger partial charge in [0.2, 0.25) is 16.0 Å². The standard InChI is InChI=1S/C19H17F2N5O4S/c1-26-18(22)25-19(8-12(27)7-16(19)31(26,29)30)13-6-11(3-4-14(13)21)24-17(28)15-5-2-10(20)9-23-15/h2-6,9,16H,7-8H2,1H3,(H2,22,25)(H,24,28). The van der Waals surface area contributed by atoms with Crippen LogP contribution in [0.25, 0.3) is 0 Å². The van der Waals surface area contributed by atoms with Crippen molar-refractivity contribution in [2.75, 3.05) is 12.4 Å². The van der Waals surface area contributed by atoms with Crippen molar-refractivity contribution in [1.29, 1.82) is 0 Å². The van der Waals surface area contributed by atoms with Gasteiger partial charge in [0.05, 0.1) is 6.20 Å². The number of sulfonamides is 1. The first kappa shape index (κ1) is 20.8. The van der Waals surface area contributed by atoms with Crippen LogP contribution in [0.2, 0.25) is 0 Å². The molecule has 2 atom stereocenters. The first-order valence-electron chi connectivity index (χ1n) is 9.12. The third kappa shape index (κ3) is 3.32. The van der Waals surface area contributed by atoms with Gasteiger partial charge in [-0.1, -0.05) is 0 Å². The van der Waals surface area contributed by atoms with E-state index in [-0.39, 0.29) is 35.7 Å². The van der Waals surface area contributed by atoms with Crippen LogP contribution >= 0.6 is 0 Å². The summed E-state index contributed by atoms with van der Waals surface area (Å²) >= 11 is 0. The van der Waals surface area contributed by atoms with E-state index >= 15 is 0 Å². The zero-order valence-electron chi connectivity index (χ0n) is 16.2. The summed E-state index contributed by atoms with van der Waals surface area (Å²) in [6.07, 6.45) is 0.192. The second kappa shape index (κ2) is 7.08. The molecule has 31 heavy (non-hydrogen) atoms. The minimum atomic E-state index is -4.07. The van der Waals surface area contributed by atoms with Gasteiger partial charge in [-0.2, -0.15) is 0 Å². The minimum absolute atomic E-state index is 0.0801. The summed E-state index contributed by atoms with van der Waals surface area (Å²) in [7, 11) is -2.86. The number of aliphatic imine (C=N–C) groups is 1. The summed E-state index contributed by atoms with van der Waals surface area (Å²) in [5, 5.41) is 1.17. The van der Waals surface area contributed by atoms with Crippen LogP contribution < -0.4 is 11.1 Å². The third-order valence-electron chi connectivity index (χ3n) is 5.44. The molecule has 0 spiro atoms. The molecule has 1 amide bonds. The number of ketones is 1. The molecule has 1 aromatic carbocycles. The van der Waals surface area contributed by atoms with Crippen molar-refractivity contribution in [2.45, 2.75) is 23.6 Å². The van der Waals surface area contributed by atoms with E-state index < -0.39 is 44.1 Å². The highest BCUT2D eigenvalue weighted by molar-refractivity contribution is 7.90. The second-order valence-electron chi connectivity index (χ2n) is 7.33. The van der Waals surface area contributed by atoms with Crippen molar-refractivity contribution in [2.24, 2.45) is 10.7 Å². The summed E-state index contributed by atoms with van der Waals surface area (Å²) in [5.41, 5.74) is 3.91. The molecule has 1 aliphatic carbocycles. The number of amides is 1. The average molecular weight is 449 g/mol. The molecule has 2 heterocycles. The molecule has 3 N–H and O–H groups in total. The van der Waals surface area contributed by atoms with Crippen molar-refractivity contribution in [3.05, 3.63) is 59.4 Å². The van der Waals surface area contributed by atoms with E-state index in [1.807, 2.05) is 0 Å². The molecule has 2 aliphatic rings. The Kier molecular flexibility index (Phi) is 4.76. The Labute approximate surface area is 176 Å². The second-order valence-corrected chi connectivity index (χ2v) is 9.47. The molecule has 4 rings (SSSR count). The number of aromatic nitrogens is 1. The molecule has 1 aromatic heterocycles. The Balaban J connectivity index is 1.78. The van der Waals surface area contributed by atoms with Gasteiger partial charge >= 0.3 is 0 Å². The third-order valence-corrected chi connectivity index (χ3v) is 7.67. The van der Waals surface area contributed by atoms with Crippen LogP contribution in [0.15, 0.2) is 41.5 Å². The van der Waals surface area contributed by atoms with Gasteiger partial charge in [0.1, 0.15) is 33.9 Å². The zero-order chi connectivity index (χ0) is 22.6. The molecule has 0 saturated heterocycles. The van der Waals surface area contributed by atoms with Gasteiger partial charge < -0.3 is 11.1 Å². The Morgan fingerprint density at radius 3 is 2.71 bits per heavy atom. The van der Waals surface area contributed by atoms with Crippen LogP contribution in [-0.2, 0) is 20.4 Å². The number of carbonyl (C=O) groups excluding carboxylic acids is 2. The topological polar surface area (TPSA) is 135 Å². The highest BCUT2D eigenvalue weighted by Gasteiger charge is 2.59. The molecule has 0 bridgehead atoms. The lowest BCUT2D eigenvalue weighted by atomic mass is 9.87. The molecule has 1 saturated carbocycles. The number of fused-ring (bicyclic) bond motifs is 1. The average Bonchev–Trinajstić information content (AvgIpc) is 3.06. The maximum absolute atomic E-state index is 14.9. The highest BCUT2D eigenvalue weighted by atomic mass is 32.2. The Bertz CT molecular complexity index is 1230. The molecule has 2 unspecified atom stereocenters. The highest BCUT2D eigenvalue weighted by Crippen LogP contribution is 2.48. The van der Waals surface area contributed by atoms with E-state index in [2.05, 4.69) is 15.3 Å². The molecule has 0 radical (unpaired) electrons. The number of guanidine groups is 1. The van der Waals surface area contributed by atoms with E-state index in [1.54, 1.807) is 0 Å². The van der Waals surface area contributed by atoms with Crippen LogP contribution in [0, 0.1) is 11.6 Å². The summed E-state index contributed by atoms with van der Waals surface area (Å²) < 4.78 is 54.5. The lowest BCUT2D eigenvalue weighted by Gasteiger charge is -2.39. The van der Waals surface area contributed by atoms with E-state index in [1.165, 1.54) is 25.2 Å². The number of anilines is 1. The molecule has 1 fully saturated rings. The van der Waals surface area contributed by atoms with Gasteiger partial charge in [0.25, 0.3) is 5.91 Å². The van der Waals surface area contributed by atoms with Crippen molar-refractivity contribution in [1.82, 2.24) is 9.29 Å². The van der Waals surface area contributed by atoms with Crippen molar-refractivity contribution >= 4 is 33.4 Å². The molecule has 12 heteroatoms. The van der Waals surface area contributed by atoms with E-state index in [9.17, 15) is 26.8 Å². The number of Topliss-reactive ketones (excluding diaryl/α,β-unsaturated/α-hetero) is 1. The summed E-state index contributed by atoms with van der Waals surface area (Å²) in [6.45, 7) is 0. The predicted octanol–water partition coefficient (Wildman–Crippen LogP) is 1.13. The monoisotopic (exact) mass is 449 g/mol. The number of halogens is 2. The summed E-state index contributed by atoms with van der Waals surface area (Å²) in [4.78, 5) is 32.5. The van der Waals surface area contributed by atoms with Crippen molar-refractivity contribution in [3.63, 3.8) is 0 Å². The van der Waals surface area contributed by atoms with E-state index in [0.29, 0.717) is 0 Å². The molecular weight excluding hydrogens is 432 g/mol. The number of benzene rings is 1. The number of hydrogen-bond donors (Lipinski definition) is 2. The minimum Gasteiger partial charge on any atom is -0.369 e. The maximum Gasteiger partial charge on any atom is 0.274 e. The van der Waals surface area contributed by atoms with Gasteiger partial charge in [0.15, 0.2) is 0 Å². The van der Waals surface area contributed by atoms with Gasteiger partial charge in [-0.3, -0.25) is 9.59 Å². The zero-order valence-corrected chi connectivity index (χ0v) is 17.0.